The maximum absolute atomic E-state index is 15.7. The van der Waals surface area contributed by atoms with Gasteiger partial charge in [-0.1, -0.05) is 62.7 Å². The van der Waals surface area contributed by atoms with E-state index in [-0.39, 0.29) is 11.4 Å². The van der Waals surface area contributed by atoms with E-state index in [4.69, 9.17) is 21.8 Å². The summed E-state index contributed by atoms with van der Waals surface area (Å²) in [5, 5.41) is 0. The van der Waals surface area contributed by atoms with Gasteiger partial charge in [-0.2, -0.15) is 8.78 Å². The molecule has 2 aromatic carbocycles. The fraction of sp³-hybridized carbons (Fsp3) is 0.400. The van der Waals surface area contributed by atoms with Crippen LogP contribution in [0.3, 0.4) is 0 Å². The highest BCUT2D eigenvalue weighted by atomic mass is 35.5. The number of benzene rings is 2. The topological polar surface area (TPSA) is 52.3 Å². The summed E-state index contributed by atoms with van der Waals surface area (Å²) >= 11 is 5.88. The normalized spacial score (nSPS) is 13.5. The van der Waals surface area contributed by atoms with Gasteiger partial charge in [0, 0.05) is 11.4 Å². The van der Waals surface area contributed by atoms with Gasteiger partial charge in [-0.15, -0.1) is 11.6 Å². The Morgan fingerprint density at radius 2 is 1.72 bits per heavy atom. The molecule has 0 spiro atoms. The average molecular weight is 480 g/mol. The Kier molecular flexibility index (Phi) is 9.19. The van der Waals surface area contributed by atoms with Crippen molar-refractivity contribution in [2.45, 2.75) is 63.7 Å². The van der Waals surface area contributed by atoms with Crippen LogP contribution in [0.1, 0.15) is 59.5 Å². The number of carbonyl (C=O) groups excluding carboxylic acids is 1. The number of nitrogens with two attached hydrogens (primary N) is 1. The van der Waals surface area contributed by atoms with Crippen molar-refractivity contribution >= 4 is 31.9 Å². The first-order valence-corrected chi connectivity index (χ1v) is 14.0. The highest BCUT2D eigenvalue weighted by Gasteiger charge is 2.44. The van der Waals surface area contributed by atoms with Crippen LogP contribution in [0.25, 0.3) is 6.08 Å². The van der Waals surface area contributed by atoms with E-state index in [1.165, 1.54) is 12.1 Å². The Balaban J connectivity index is 2.52. The highest BCUT2D eigenvalue weighted by molar-refractivity contribution is 6.73. The van der Waals surface area contributed by atoms with Crippen molar-refractivity contribution in [3.8, 4) is 0 Å². The average Bonchev–Trinajstić information content (AvgIpc) is 2.79. The van der Waals surface area contributed by atoms with Crippen molar-refractivity contribution in [1.82, 2.24) is 0 Å². The Labute approximate surface area is 195 Å². The van der Waals surface area contributed by atoms with Crippen LogP contribution in [0.5, 0.6) is 0 Å². The number of rotatable bonds is 11. The molecule has 3 nitrogen and oxygen atoms in total. The van der Waals surface area contributed by atoms with Crippen molar-refractivity contribution in [3.05, 3.63) is 76.4 Å². The number of amides is 1. The number of hydrogen-bond donors (Lipinski definition) is 1. The van der Waals surface area contributed by atoms with E-state index in [0.717, 1.165) is 29.8 Å². The smallest absolute Gasteiger partial charge is 0.295 e. The molecule has 1 unspecified atom stereocenters. The SMILES string of the molecule is CC[Si](CC)(CC)OC(c1ccc(C)cc1)C(F)(F)/C=C/c1cc(CCl)ccc1C(N)=O. The molecule has 0 bridgehead atoms. The van der Waals surface area contributed by atoms with E-state index >= 15 is 8.78 Å². The van der Waals surface area contributed by atoms with Crippen molar-refractivity contribution < 1.29 is 18.0 Å². The largest absolute Gasteiger partial charge is 0.404 e. The molecule has 1 amide bonds. The maximum Gasteiger partial charge on any atom is 0.295 e. The maximum atomic E-state index is 15.7. The molecule has 7 heteroatoms. The van der Waals surface area contributed by atoms with E-state index in [2.05, 4.69) is 0 Å². The third-order valence-electron chi connectivity index (χ3n) is 6.05. The van der Waals surface area contributed by atoms with Gasteiger partial charge >= 0.3 is 0 Å². The Morgan fingerprint density at radius 3 is 2.22 bits per heavy atom. The molecule has 2 rings (SSSR count). The molecule has 2 aromatic rings. The van der Waals surface area contributed by atoms with Crippen molar-refractivity contribution in [3.63, 3.8) is 0 Å². The number of hydrogen-bond acceptors (Lipinski definition) is 2. The van der Waals surface area contributed by atoms with Gasteiger partial charge in [-0.3, -0.25) is 4.79 Å². The molecule has 32 heavy (non-hydrogen) atoms. The quantitative estimate of drug-likeness (QED) is 0.272. The molecule has 0 aliphatic heterocycles. The van der Waals surface area contributed by atoms with Gasteiger partial charge in [0.15, 0.2) is 8.32 Å². The van der Waals surface area contributed by atoms with E-state index < -0.39 is 26.3 Å². The summed E-state index contributed by atoms with van der Waals surface area (Å²) in [6, 6.07) is 14.1. The summed E-state index contributed by atoms with van der Waals surface area (Å²) < 4.78 is 37.7. The highest BCUT2D eigenvalue weighted by Crippen LogP contribution is 2.41. The number of aryl methyl sites for hydroxylation is 1. The lowest BCUT2D eigenvalue weighted by atomic mass is 9.99. The van der Waals surface area contributed by atoms with Crippen LogP contribution in [0.15, 0.2) is 48.5 Å². The van der Waals surface area contributed by atoms with Gasteiger partial charge in [-0.05, 0) is 60.0 Å². The van der Waals surface area contributed by atoms with E-state index in [9.17, 15) is 4.79 Å². The second-order valence-corrected chi connectivity index (χ2v) is 13.1. The number of carbonyl (C=O) groups is 1. The minimum atomic E-state index is -3.31. The first-order chi connectivity index (χ1) is 15.1. The number of primary amides is 1. The van der Waals surface area contributed by atoms with Gasteiger partial charge in [0.1, 0.15) is 6.10 Å². The molecule has 174 valence electrons. The lowest BCUT2D eigenvalue weighted by Crippen LogP contribution is -2.41. The standard InChI is InChI=1S/C25H32ClF2NO2Si/c1-5-32(6-2,7-3)31-23(20-11-8-18(4)9-12-20)25(27,28)15-14-21-16-19(17-26)10-13-22(21)24(29)30/h8-16,23H,5-7,17H2,1-4H3,(H2,29,30)/b15-14+. The van der Waals surface area contributed by atoms with Crippen molar-refractivity contribution in [2.75, 3.05) is 0 Å². The molecule has 0 radical (unpaired) electrons. The molecular weight excluding hydrogens is 448 g/mol. The first-order valence-electron chi connectivity index (χ1n) is 10.9. The minimum Gasteiger partial charge on any atom is -0.404 e. The zero-order valence-corrected chi connectivity index (χ0v) is 20.9. The van der Waals surface area contributed by atoms with Gasteiger partial charge in [-0.25, -0.2) is 0 Å². The second kappa shape index (κ2) is 11.2. The van der Waals surface area contributed by atoms with Crippen molar-refractivity contribution in [1.29, 1.82) is 0 Å². The van der Waals surface area contributed by atoms with Crippen LogP contribution in [-0.2, 0) is 10.3 Å². The second-order valence-electron chi connectivity index (χ2n) is 8.08. The molecule has 0 heterocycles. The predicted octanol–water partition coefficient (Wildman–Crippen LogP) is 7.24. The van der Waals surface area contributed by atoms with E-state index in [1.807, 2.05) is 39.8 Å². The fourth-order valence-electron chi connectivity index (χ4n) is 3.71. The van der Waals surface area contributed by atoms with Crippen LogP contribution in [0, 0.1) is 6.92 Å². The minimum absolute atomic E-state index is 0.165. The lowest BCUT2D eigenvalue weighted by molar-refractivity contribution is -0.0627. The lowest BCUT2D eigenvalue weighted by Gasteiger charge is -2.36. The molecule has 0 aromatic heterocycles. The number of halogens is 3. The Bertz CT molecular complexity index is 935. The first kappa shape index (κ1) is 26.2. The molecule has 0 aliphatic carbocycles. The van der Waals surface area contributed by atoms with Crippen LogP contribution < -0.4 is 5.73 Å². The van der Waals surface area contributed by atoms with Gasteiger partial charge in [0.25, 0.3) is 5.92 Å². The molecular formula is C25H32ClF2NO2Si. The third kappa shape index (κ3) is 6.27. The predicted molar refractivity (Wildman–Crippen MR) is 131 cm³/mol. The van der Waals surface area contributed by atoms with Crippen LogP contribution >= 0.6 is 11.6 Å². The summed E-state index contributed by atoms with van der Waals surface area (Å²) in [6.07, 6.45) is 0.643. The van der Waals surface area contributed by atoms with Gasteiger partial charge < -0.3 is 10.2 Å². The van der Waals surface area contributed by atoms with Gasteiger partial charge in [0.2, 0.25) is 5.91 Å². The van der Waals surface area contributed by atoms with Gasteiger partial charge in [0.05, 0.1) is 0 Å². The Morgan fingerprint density at radius 1 is 1.12 bits per heavy atom. The zero-order valence-electron chi connectivity index (χ0n) is 19.1. The van der Waals surface area contributed by atoms with E-state index in [1.54, 1.807) is 24.3 Å². The summed E-state index contributed by atoms with van der Waals surface area (Å²) in [5.74, 6) is -3.79. The molecule has 1 atom stereocenters. The fourth-order valence-corrected chi connectivity index (χ4v) is 6.67. The summed E-state index contributed by atoms with van der Waals surface area (Å²) in [6.45, 7) is 7.94. The van der Waals surface area contributed by atoms with Crippen LogP contribution in [-0.4, -0.2) is 20.1 Å². The molecule has 0 saturated heterocycles. The monoisotopic (exact) mass is 479 g/mol. The summed E-state index contributed by atoms with van der Waals surface area (Å²) in [5.41, 5.74) is 8.04. The third-order valence-corrected chi connectivity index (χ3v) is 11.0. The molecule has 0 fully saturated rings. The van der Waals surface area contributed by atoms with Crippen LogP contribution in [0.2, 0.25) is 18.1 Å². The van der Waals surface area contributed by atoms with Crippen LogP contribution in [0.4, 0.5) is 8.78 Å². The number of alkyl halides is 3. The molecule has 0 aliphatic rings. The van der Waals surface area contributed by atoms with Crippen molar-refractivity contribution in [2.24, 2.45) is 5.73 Å². The summed E-state index contributed by atoms with van der Waals surface area (Å²) in [4.78, 5) is 11.8. The molecule has 0 saturated carbocycles. The summed E-state index contributed by atoms with van der Waals surface area (Å²) in [7, 11) is -2.34. The Hall–Kier alpha value is -2.02. The molecule has 2 N–H and O–H groups in total. The van der Waals surface area contributed by atoms with E-state index in [0.29, 0.717) is 16.7 Å². The zero-order chi connectivity index (χ0) is 23.9.